The molecular formula is C13H17F2NO2. The maximum atomic E-state index is 13.1. The third-order valence-electron chi connectivity index (χ3n) is 3.23. The molecule has 1 aromatic carbocycles. The molecule has 0 bridgehead atoms. The van der Waals surface area contributed by atoms with Crippen molar-refractivity contribution in [2.75, 3.05) is 6.61 Å². The Kier molecular flexibility index (Phi) is 4.14. The summed E-state index contributed by atoms with van der Waals surface area (Å²) in [6, 6.07) is 2.40. The van der Waals surface area contributed by atoms with Crippen molar-refractivity contribution in [3.05, 3.63) is 29.3 Å². The van der Waals surface area contributed by atoms with Crippen LogP contribution < -0.4 is 5.32 Å². The van der Waals surface area contributed by atoms with E-state index in [4.69, 9.17) is 9.84 Å². The summed E-state index contributed by atoms with van der Waals surface area (Å²) >= 11 is 0. The number of ether oxygens (including phenoxy) is 1. The third-order valence-corrected chi connectivity index (χ3v) is 3.23. The van der Waals surface area contributed by atoms with Crippen LogP contribution in [0.4, 0.5) is 8.78 Å². The molecule has 2 rings (SSSR count). The lowest BCUT2D eigenvalue weighted by molar-refractivity contribution is 0.0832. The normalized spacial score (nSPS) is 21.2. The van der Waals surface area contributed by atoms with Gasteiger partial charge in [0, 0.05) is 19.2 Å². The van der Waals surface area contributed by atoms with Gasteiger partial charge < -0.3 is 15.2 Å². The van der Waals surface area contributed by atoms with Crippen molar-refractivity contribution in [1.82, 2.24) is 5.32 Å². The molecule has 0 amide bonds. The Morgan fingerprint density at radius 1 is 1.44 bits per heavy atom. The molecule has 1 aromatic rings. The van der Waals surface area contributed by atoms with Gasteiger partial charge in [-0.25, -0.2) is 8.78 Å². The van der Waals surface area contributed by atoms with Gasteiger partial charge >= 0.3 is 0 Å². The summed E-state index contributed by atoms with van der Waals surface area (Å²) in [5, 5.41) is 12.2. The Morgan fingerprint density at radius 3 is 2.67 bits per heavy atom. The highest BCUT2D eigenvalue weighted by Gasteiger charge is 2.21. The summed E-state index contributed by atoms with van der Waals surface area (Å²) in [4.78, 5) is 0. The van der Waals surface area contributed by atoms with Crippen LogP contribution in [-0.4, -0.2) is 23.9 Å². The lowest BCUT2D eigenvalue weighted by Crippen LogP contribution is -2.36. The maximum Gasteiger partial charge on any atom is 0.187 e. The van der Waals surface area contributed by atoms with Crippen molar-refractivity contribution in [1.29, 1.82) is 0 Å². The largest absolute Gasteiger partial charge is 0.503 e. The average molecular weight is 257 g/mol. The van der Waals surface area contributed by atoms with Crippen molar-refractivity contribution in [3.63, 3.8) is 0 Å². The van der Waals surface area contributed by atoms with Gasteiger partial charge in [0.05, 0.1) is 6.10 Å². The molecule has 2 unspecified atom stereocenters. The van der Waals surface area contributed by atoms with Crippen molar-refractivity contribution >= 4 is 0 Å². The Hall–Kier alpha value is -1.20. The highest BCUT2D eigenvalue weighted by Crippen LogP contribution is 2.22. The quantitative estimate of drug-likeness (QED) is 0.869. The Labute approximate surface area is 105 Å². The maximum absolute atomic E-state index is 13.1. The van der Waals surface area contributed by atoms with E-state index in [2.05, 4.69) is 5.32 Å². The number of halogens is 2. The standard InChI is InChI=1S/C13H17F2NO2/c1-8(12-3-2-4-18-12)16-7-9-5-10(14)13(17)11(15)6-9/h5-6,8,12,16-17H,2-4,7H2,1H3. The van der Waals surface area contributed by atoms with Crippen LogP contribution in [0.2, 0.25) is 0 Å². The molecule has 1 heterocycles. The van der Waals surface area contributed by atoms with E-state index in [0.717, 1.165) is 31.6 Å². The molecule has 0 radical (unpaired) electrons. The monoisotopic (exact) mass is 257 g/mol. The summed E-state index contributed by atoms with van der Waals surface area (Å²) in [6.07, 6.45) is 2.22. The fourth-order valence-corrected chi connectivity index (χ4v) is 2.13. The molecule has 0 spiro atoms. The van der Waals surface area contributed by atoms with Crippen LogP contribution in [0.25, 0.3) is 0 Å². The number of benzene rings is 1. The molecular weight excluding hydrogens is 240 g/mol. The van der Waals surface area contributed by atoms with Crippen LogP contribution in [0.5, 0.6) is 5.75 Å². The van der Waals surface area contributed by atoms with Gasteiger partial charge in [0.15, 0.2) is 17.4 Å². The van der Waals surface area contributed by atoms with Crippen LogP contribution in [0.15, 0.2) is 12.1 Å². The number of nitrogens with one attached hydrogen (secondary N) is 1. The number of rotatable bonds is 4. The van der Waals surface area contributed by atoms with Gasteiger partial charge in [0.2, 0.25) is 0 Å². The molecule has 0 aliphatic carbocycles. The summed E-state index contributed by atoms with van der Waals surface area (Å²) in [5.41, 5.74) is 0.465. The topological polar surface area (TPSA) is 41.5 Å². The second-order valence-corrected chi connectivity index (χ2v) is 4.63. The Balaban J connectivity index is 1.93. The van der Waals surface area contributed by atoms with E-state index in [-0.39, 0.29) is 12.1 Å². The molecule has 0 aromatic heterocycles. The first-order chi connectivity index (χ1) is 8.58. The fourth-order valence-electron chi connectivity index (χ4n) is 2.13. The summed E-state index contributed by atoms with van der Waals surface area (Å²) in [6.45, 7) is 3.11. The van der Waals surface area contributed by atoms with Crippen molar-refractivity contribution < 1.29 is 18.6 Å². The van der Waals surface area contributed by atoms with E-state index >= 15 is 0 Å². The molecule has 0 saturated carbocycles. The lowest BCUT2D eigenvalue weighted by Gasteiger charge is -2.20. The molecule has 3 nitrogen and oxygen atoms in total. The summed E-state index contributed by atoms with van der Waals surface area (Å²) < 4.78 is 31.8. The highest BCUT2D eigenvalue weighted by molar-refractivity contribution is 5.29. The zero-order valence-electron chi connectivity index (χ0n) is 10.2. The van der Waals surface area contributed by atoms with Gasteiger partial charge in [-0.2, -0.15) is 0 Å². The first-order valence-electron chi connectivity index (χ1n) is 6.10. The SMILES string of the molecule is CC(NCc1cc(F)c(O)c(F)c1)C1CCCO1. The van der Waals surface area contributed by atoms with Gasteiger partial charge in [-0.3, -0.25) is 0 Å². The van der Waals surface area contributed by atoms with Gasteiger partial charge in [-0.1, -0.05) is 0 Å². The zero-order chi connectivity index (χ0) is 13.1. The third kappa shape index (κ3) is 2.97. The number of phenols is 1. The lowest BCUT2D eigenvalue weighted by atomic mass is 10.1. The molecule has 18 heavy (non-hydrogen) atoms. The van der Waals surface area contributed by atoms with E-state index in [1.807, 2.05) is 6.92 Å². The number of hydrogen-bond acceptors (Lipinski definition) is 3. The van der Waals surface area contributed by atoms with Crippen LogP contribution in [0.1, 0.15) is 25.3 Å². The smallest absolute Gasteiger partial charge is 0.187 e. The summed E-state index contributed by atoms with van der Waals surface area (Å²) in [5.74, 6) is -2.79. The van der Waals surface area contributed by atoms with E-state index in [1.54, 1.807) is 0 Å². The molecule has 100 valence electrons. The van der Waals surface area contributed by atoms with Crippen LogP contribution in [0, 0.1) is 11.6 Å². The van der Waals surface area contributed by atoms with Crippen LogP contribution in [0.3, 0.4) is 0 Å². The molecule has 2 atom stereocenters. The Bertz CT molecular complexity index is 396. The van der Waals surface area contributed by atoms with Gasteiger partial charge in [-0.15, -0.1) is 0 Å². The first-order valence-corrected chi connectivity index (χ1v) is 6.10. The van der Waals surface area contributed by atoms with Gasteiger partial charge in [-0.05, 0) is 37.5 Å². The fraction of sp³-hybridized carbons (Fsp3) is 0.538. The molecule has 2 N–H and O–H groups in total. The highest BCUT2D eigenvalue weighted by atomic mass is 19.1. The van der Waals surface area contributed by atoms with E-state index in [0.29, 0.717) is 12.1 Å². The van der Waals surface area contributed by atoms with Gasteiger partial charge in [0.1, 0.15) is 0 Å². The zero-order valence-corrected chi connectivity index (χ0v) is 10.2. The molecule has 1 aliphatic rings. The number of phenolic OH excluding ortho intramolecular Hbond substituents is 1. The van der Waals surface area contributed by atoms with Crippen LogP contribution >= 0.6 is 0 Å². The average Bonchev–Trinajstić information content (AvgIpc) is 2.86. The predicted octanol–water partition coefficient (Wildman–Crippen LogP) is 2.33. The summed E-state index contributed by atoms with van der Waals surface area (Å²) in [7, 11) is 0. The van der Waals surface area contributed by atoms with E-state index in [1.165, 1.54) is 0 Å². The second kappa shape index (κ2) is 5.63. The minimum atomic E-state index is -0.934. The molecule has 1 fully saturated rings. The first kappa shape index (κ1) is 13.2. The van der Waals surface area contributed by atoms with E-state index < -0.39 is 17.4 Å². The van der Waals surface area contributed by atoms with E-state index in [9.17, 15) is 8.78 Å². The van der Waals surface area contributed by atoms with Crippen molar-refractivity contribution in [2.24, 2.45) is 0 Å². The van der Waals surface area contributed by atoms with Crippen LogP contribution in [-0.2, 0) is 11.3 Å². The molecule has 1 saturated heterocycles. The van der Waals surface area contributed by atoms with Gasteiger partial charge in [0.25, 0.3) is 0 Å². The van der Waals surface area contributed by atoms with Crippen molar-refractivity contribution in [2.45, 2.75) is 38.5 Å². The number of aromatic hydroxyl groups is 1. The number of hydrogen-bond donors (Lipinski definition) is 2. The predicted molar refractivity (Wildman–Crippen MR) is 63.3 cm³/mol. The molecule has 5 heteroatoms. The minimum absolute atomic E-state index is 0.132. The van der Waals surface area contributed by atoms with Crippen molar-refractivity contribution in [3.8, 4) is 5.75 Å². The second-order valence-electron chi connectivity index (χ2n) is 4.63. The molecule has 1 aliphatic heterocycles. The Morgan fingerprint density at radius 2 is 2.11 bits per heavy atom. The minimum Gasteiger partial charge on any atom is -0.503 e.